The molecule has 4 heterocycles. The summed E-state index contributed by atoms with van der Waals surface area (Å²) in [5.41, 5.74) is 1.89. The third-order valence-corrected chi connectivity index (χ3v) is 5.34. The summed E-state index contributed by atoms with van der Waals surface area (Å²) in [5, 5.41) is 11.6. The van der Waals surface area contributed by atoms with Crippen LogP contribution in [0.5, 0.6) is 0 Å². The van der Waals surface area contributed by atoms with Gasteiger partial charge in [0.2, 0.25) is 0 Å². The second-order valence-corrected chi connectivity index (χ2v) is 7.35. The second-order valence-electron chi connectivity index (χ2n) is 6.26. The van der Waals surface area contributed by atoms with E-state index >= 15 is 0 Å². The fourth-order valence-electron chi connectivity index (χ4n) is 2.83. The highest BCUT2D eigenvalue weighted by Gasteiger charge is 2.23. The van der Waals surface area contributed by atoms with Crippen LogP contribution in [0.4, 0.5) is 4.79 Å². The number of thiophene rings is 1. The maximum absolute atomic E-state index is 12.3. The molecule has 0 atom stereocenters. The molecule has 30 heavy (non-hydrogen) atoms. The summed E-state index contributed by atoms with van der Waals surface area (Å²) in [7, 11) is 0. The molecule has 10 nitrogen and oxygen atoms in total. The molecule has 1 aliphatic heterocycles. The quantitative estimate of drug-likeness (QED) is 0.298. The van der Waals surface area contributed by atoms with Crippen molar-refractivity contribution < 1.29 is 19.1 Å². The minimum atomic E-state index is -0.568. The third-order valence-electron chi connectivity index (χ3n) is 4.23. The number of aromatic nitrogens is 3. The van der Waals surface area contributed by atoms with Gasteiger partial charge in [-0.3, -0.25) is 14.9 Å². The van der Waals surface area contributed by atoms with Crippen LogP contribution in [0.1, 0.15) is 22.2 Å². The number of ether oxygens (including phenoxy) is 1. The zero-order chi connectivity index (χ0) is 21.1. The number of amides is 4. The Morgan fingerprint density at radius 3 is 2.93 bits per heavy atom. The average molecular weight is 426 g/mol. The van der Waals surface area contributed by atoms with Crippen molar-refractivity contribution in [3.05, 3.63) is 46.7 Å². The molecule has 3 aromatic heterocycles. The van der Waals surface area contributed by atoms with Gasteiger partial charge in [0, 0.05) is 24.9 Å². The number of carbonyl (C=O) groups is 3. The van der Waals surface area contributed by atoms with E-state index in [1.165, 1.54) is 17.4 Å². The first-order valence-electron chi connectivity index (χ1n) is 9.19. The van der Waals surface area contributed by atoms with E-state index < -0.39 is 11.9 Å². The summed E-state index contributed by atoms with van der Waals surface area (Å²) < 4.78 is 6.79. The standard InChI is InChI=1S/C19H18N6O4S/c1-2-29-8-6-20-18(27)15-4-3-14(30-15)12-5-7-25-16(22-12)11(10-21-25)9-13-17(26)24-19(28)23-13/h3-5,7,9-10H,2,6,8H2,1H3,(H,20,27)(H2,23,24,26,28)/b13-9+. The maximum atomic E-state index is 12.3. The Kier molecular flexibility index (Phi) is 5.55. The minimum Gasteiger partial charge on any atom is -0.380 e. The SMILES string of the molecule is CCOCCNC(=O)c1ccc(-c2ccn3ncc(/C=C4/NC(=O)NC4=O)c3n2)s1. The normalized spacial score (nSPS) is 14.9. The molecule has 0 spiro atoms. The number of urea groups is 1. The van der Waals surface area contributed by atoms with Crippen LogP contribution in [0.3, 0.4) is 0 Å². The third kappa shape index (κ3) is 4.07. The predicted octanol–water partition coefficient (Wildman–Crippen LogP) is 1.40. The highest BCUT2D eigenvalue weighted by atomic mass is 32.1. The maximum Gasteiger partial charge on any atom is 0.326 e. The molecule has 3 aromatic rings. The number of fused-ring (bicyclic) bond motifs is 1. The van der Waals surface area contributed by atoms with Gasteiger partial charge in [-0.2, -0.15) is 5.10 Å². The van der Waals surface area contributed by atoms with Gasteiger partial charge in [0.05, 0.1) is 28.3 Å². The summed E-state index contributed by atoms with van der Waals surface area (Å²) >= 11 is 1.33. The van der Waals surface area contributed by atoms with Gasteiger partial charge < -0.3 is 15.4 Å². The van der Waals surface area contributed by atoms with Gasteiger partial charge in [-0.25, -0.2) is 14.3 Å². The highest BCUT2D eigenvalue weighted by molar-refractivity contribution is 7.17. The molecule has 11 heteroatoms. The first-order chi connectivity index (χ1) is 14.5. The number of hydrogen-bond acceptors (Lipinski definition) is 7. The molecule has 3 N–H and O–H groups in total. The van der Waals surface area contributed by atoms with E-state index in [2.05, 4.69) is 26.0 Å². The number of carbonyl (C=O) groups excluding carboxylic acids is 3. The van der Waals surface area contributed by atoms with E-state index in [0.717, 1.165) is 4.88 Å². The molecule has 154 valence electrons. The van der Waals surface area contributed by atoms with Gasteiger partial charge in [-0.15, -0.1) is 11.3 Å². The summed E-state index contributed by atoms with van der Waals surface area (Å²) in [6.45, 7) is 3.42. The largest absolute Gasteiger partial charge is 0.380 e. The Balaban J connectivity index is 1.56. The minimum absolute atomic E-state index is 0.129. The molecule has 4 amide bonds. The highest BCUT2D eigenvalue weighted by Crippen LogP contribution is 2.27. The molecule has 4 rings (SSSR count). The van der Waals surface area contributed by atoms with E-state index in [4.69, 9.17) is 4.74 Å². The van der Waals surface area contributed by atoms with Crippen LogP contribution in [-0.4, -0.2) is 52.2 Å². The van der Waals surface area contributed by atoms with E-state index in [0.29, 0.717) is 41.5 Å². The molecule has 0 radical (unpaired) electrons. The Morgan fingerprint density at radius 1 is 1.30 bits per heavy atom. The second kappa shape index (κ2) is 8.43. The summed E-state index contributed by atoms with van der Waals surface area (Å²) in [6, 6.07) is 4.81. The Bertz CT molecular complexity index is 1160. The molecule has 1 saturated heterocycles. The van der Waals surface area contributed by atoms with Gasteiger partial charge in [0.25, 0.3) is 11.8 Å². The van der Waals surface area contributed by atoms with Crippen LogP contribution in [0.15, 0.2) is 36.3 Å². The number of hydrogen-bond donors (Lipinski definition) is 3. The zero-order valence-corrected chi connectivity index (χ0v) is 16.8. The monoisotopic (exact) mass is 426 g/mol. The average Bonchev–Trinajstić information content (AvgIpc) is 3.44. The summed E-state index contributed by atoms with van der Waals surface area (Å²) in [6.07, 6.45) is 4.82. The Morgan fingerprint density at radius 2 is 2.17 bits per heavy atom. The molecule has 0 aromatic carbocycles. The van der Waals surface area contributed by atoms with E-state index in [-0.39, 0.29) is 11.6 Å². The molecule has 0 aliphatic carbocycles. The molecule has 1 aliphatic rings. The molecular weight excluding hydrogens is 408 g/mol. The van der Waals surface area contributed by atoms with Crippen molar-refractivity contribution >= 4 is 40.9 Å². The fourth-order valence-corrected chi connectivity index (χ4v) is 3.72. The lowest BCUT2D eigenvalue weighted by Gasteiger charge is -2.03. The molecule has 0 saturated carbocycles. The van der Waals surface area contributed by atoms with Gasteiger partial charge in [-0.05, 0) is 31.2 Å². The molecular formula is C19H18N6O4S. The van der Waals surface area contributed by atoms with Crippen LogP contribution < -0.4 is 16.0 Å². The van der Waals surface area contributed by atoms with Crippen LogP contribution >= 0.6 is 11.3 Å². The zero-order valence-electron chi connectivity index (χ0n) is 16.0. The predicted molar refractivity (Wildman–Crippen MR) is 110 cm³/mol. The summed E-state index contributed by atoms with van der Waals surface area (Å²) in [4.78, 5) is 41.3. The van der Waals surface area contributed by atoms with Crippen molar-refractivity contribution in [2.75, 3.05) is 19.8 Å². The molecule has 1 fully saturated rings. The molecule has 0 bridgehead atoms. The topological polar surface area (TPSA) is 127 Å². The lowest BCUT2D eigenvalue weighted by molar-refractivity contribution is -0.115. The summed E-state index contributed by atoms with van der Waals surface area (Å²) in [5.74, 6) is -0.668. The Labute approximate surface area is 174 Å². The van der Waals surface area contributed by atoms with E-state index in [9.17, 15) is 14.4 Å². The van der Waals surface area contributed by atoms with E-state index in [1.807, 2.05) is 13.0 Å². The lowest BCUT2D eigenvalue weighted by Crippen LogP contribution is -2.26. The van der Waals surface area contributed by atoms with Gasteiger partial charge in [0.1, 0.15) is 5.70 Å². The number of nitrogens with one attached hydrogen (secondary N) is 3. The lowest BCUT2D eigenvalue weighted by atomic mass is 10.2. The van der Waals surface area contributed by atoms with Gasteiger partial charge in [-0.1, -0.05) is 0 Å². The first-order valence-corrected chi connectivity index (χ1v) is 10.0. The van der Waals surface area contributed by atoms with Crippen molar-refractivity contribution in [1.29, 1.82) is 0 Å². The van der Waals surface area contributed by atoms with Crippen molar-refractivity contribution in [2.45, 2.75) is 6.92 Å². The number of imide groups is 1. The van der Waals surface area contributed by atoms with Crippen molar-refractivity contribution in [2.24, 2.45) is 0 Å². The molecule has 0 unspecified atom stereocenters. The van der Waals surface area contributed by atoms with Crippen molar-refractivity contribution in [3.63, 3.8) is 0 Å². The smallest absolute Gasteiger partial charge is 0.326 e. The fraction of sp³-hybridized carbons (Fsp3) is 0.211. The van der Waals surface area contributed by atoms with Crippen LogP contribution in [-0.2, 0) is 9.53 Å². The van der Waals surface area contributed by atoms with Crippen molar-refractivity contribution in [1.82, 2.24) is 30.5 Å². The van der Waals surface area contributed by atoms with Gasteiger partial charge >= 0.3 is 6.03 Å². The van der Waals surface area contributed by atoms with Gasteiger partial charge in [0.15, 0.2) is 5.65 Å². The van der Waals surface area contributed by atoms with Crippen LogP contribution in [0, 0.1) is 0 Å². The van der Waals surface area contributed by atoms with Crippen LogP contribution in [0.25, 0.3) is 22.3 Å². The van der Waals surface area contributed by atoms with E-state index in [1.54, 1.807) is 29.0 Å². The number of rotatable bonds is 7. The number of nitrogens with zero attached hydrogens (tertiary/aromatic N) is 3. The first kappa shape index (κ1) is 19.7. The van der Waals surface area contributed by atoms with Crippen molar-refractivity contribution in [3.8, 4) is 10.6 Å². The Hall–Kier alpha value is -3.57. The van der Waals surface area contributed by atoms with Crippen LogP contribution in [0.2, 0.25) is 0 Å².